The topological polar surface area (TPSA) is 88.1 Å². The van der Waals surface area contributed by atoms with Crippen LogP contribution in [0.2, 0.25) is 0 Å². The van der Waals surface area contributed by atoms with E-state index in [1.165, 1.54) is 0 Å². The number of carbonyl (C=O) groups excluding carboxylic acids is 1. The summed E-state index contributed by atoms with van der Waals surface area (Å²) in [6, 6.07) is 9.89. The molecule has 2 aliphatic rings. The number of carboxylic acids is 1. The van der Waals surface area contributed by atoms with E-state index in [9.17, 15) is 14.7 Å². The Morgan fingerprint density at radius 1 is 1.17 bits per heavy atom. The number of ether oxygens (including phenoxy) is 2. The number of aliphatic carboxylic acids is 1. The van der Waals surface area contributed by atoms with Crippen LogP contribution in [0.25, 0.3) is 0 Å². The molecule has 7 heteroatoms. The molecule has 0 aliphatic carbocycles. The Balaban J connectivity index is 1.50. The van der Waals surface area contributed by atoms with E-state index >= 15 is 0 Å². The quantitative estimate of drug-likeness (QED) is 0.629. The van der Waals surface area contributed by atoms with Crippen LogP contribution in [0.4, 0.5) is 4.79 Å². The highest BCUT2D eigenvalue weighted by atomic mass is 16.6. The lowest BCUT2D eigenvalue weighted by Gasteiger charge is -2.40. The van der Waals surface area contributed by atoms with Crippen molar-refractivity contribution < 1.29 is 24.2 Å². The van der Waals surface area contributed by atoms with E-state index in [0.29, 0.717) is 25.3 Å². The summed E-state index contributed by atoms with van der Waals surface area (Å²) in [4.78, 5) is 26.4. The predicted octanol–water partition coefficient (Wildman–Crippen LogP) is 3.42. The zero-order valence-corrected chi connectivity index (χ0v) is 18.2. The van der Waals surface area contributed by atoms with E-state index in [1.54, 1.807) is 20.8 Å². The van der Waals surface area contributed by atoms with Crippen LogP contribution < -0.4 is 5.32 Å². The summed E-state index contributed by atoms with van der Waals surface area (Å²) < 4.78 is 11.1. The van der Waals surface area contributed by atoms with Crippen molar-refractivity contribution in [2.75, 3.05) is 13.2 Å². The third kappa shape index (κ3) is 6.19. The van der Waals surface area contributed by atoms with E-state index in [4.69, 9.17) is 9.47 Å². The van der Waals surface area contributed by atoms with Crippen LogP contribution in [0.3, 0.4) is 0 Å². The molecule has 2 heterocycles. The van der Waals surface area contributed by atoms with Crippen LogP contribution in [0.5, 0.6) is 0 Å². The van der Waals surface area contributed by atoms with Crippen molar-refractivity contribution in [2.45, 2.75) is 76.8 Å². The number of fused-ring (bicyclic) bond motifs is 2. The highest BCUT2D eigenvalue weighted by Crippen LogP contribution is 2.39. The van der Waals surface area contributed by atoms with Crippen molar-refractivity contribution in [2.24, 2.45) is 5.92 Å². The Labute approximate surface area is 178 Å². The van der Waals surface area contributed by atoms with Gasteiger partial charge < -0.3 is 19.9 Å². The van der Waals surface area contributed by atoms with Crippen LogP contribution in [-0.4, -0.2) is 58.9 Å². The number of alkyl carbamates (subject to hydrolysis) is 1. The molecule has 1 amide bonds. The highest BCUT2D eigenvalue weighted by molar-refractivity contribution is 5.80. The number of carboxylic acid groups (broad SMARTS) is 1. The summed E-state index contributed by atoms with van der Waals surface area (Å²) in [5, 5.41) is 12.3. The Bertz CT molecular complexity index is 704. The first-order valence-electron chi connectivity index (χ1n) is 10.8. The minimum atomic E-state index is -0.995. The Morgan fingerprint density at radius 2 is 1.80 bits per heavy atom. The highest BCUT2D eigenvalue weighted by Gasteiger charge is 2.45. The molecular formula is C23H34N2O5. The fourth-order valence-electron chi connectivity index (χ4n) is 4.70. The van der Waals surface area contributed by atoms with E-state index < -0.39 is 23.7 Å². The minimum Gasteiger partial charge on any atom is -0.480 e. The van der Waals surface area contributed by atoms with Crippen LogP contribution in [-0.2, 0) is 20.9 Å². The van der Waals surface area contributed by atoms with Gasteiger partial charge in [0.2, 0.25) is 0 Å². The third-order valence-corrected chi connectivity index (χ3v) is 5.94. The number of rotatable bonds is 8. The monoisotopic (exact) mass is 418 g/mol. The number of nitrogens with zero attached hydrogens (tertiary/aromatic N) is 1. The first kappa shape index (κ1) is 22.6. The molecule has 2 unspecified atom stereocenters. The fraction of sp³-hybridized carbons (Fsp3) is 0.652. The maximum absolute atomic E-state index is 12.1. The first-order valence-corrected chi connectivity index (χ1v) is 10.8. The molecule has 1 aromatic carbocycles. The first-order chi connectivity index (χ1) is 14.2. The number of amides is 1. The predicted molar refractivity (Wildman–Crippen MR) is 113 cm³/mol. The van der Waals surface area contributed by atoms with E-state index in [0.717, 1.165) is 37.8 Å². The maximum Gasteiger partial charge on any atom is 0.408 e. The second kappa shape index (κ2) is 9.79. The molecule has 7 nitrogen and oxygen atoms in total. The lowest BCUT2D eigenvalue weighted by atomic mass is 9.85. The van der Waals surface area contributed by atoms with Gasteiger partial charge in [0.1, 0.15) is 11.6 Å². The standard InChI is InChI=1S/C23H34N2O5/c1-23(2,3)30-22(28)24-20(21(26)27)17-13-18-9-10-19(14-17)25(18)11-12-29-15-16-7-5-4-6-8-16/h4-8,17-20H,9-15H2,1-3H3,(H,24,28)(H,26,27)/t17?,18?,19?,20-/m0/s1. The lowest BCUT2D eigenvalue weighted by molar-refractivity contribution is -0.141. The molecule has 0 aromatic heterocycles. The van der Waals surface area contributed by atoms with Gasteiger partial charge in [-0.25, -0.2) is 9.59 Å². The Hall–Kier alpha value is -2.12. The zero-order chi connectivity index (χ0) is 21.7. The molecule has 166 valence electrons. The van der Waals surface area contributed by atoms with Crippen LogP contribution >= 0.6 is 0 Å². The smallest absolute Gasteiger partial charge is 0.408 e. The van der Waals surface area contributed by atoms with Gasteiger partial charge in [-0.1, -0.05) is 30.3 Å². The van der Waals surface area contributed by atoms with Crippen molar-refractivity contribution in [1.82, 2.24) is 10.2 Å². The van der Waals surface area contributed by atoms with Gasteiger partial charge in [0.05, 0.1) is 13.2 Å². The lowest BCUT2D eigenvalue weighted by Crippen LogP contribution is -2.53. The summed E-state index contributed by atoms with van der Waals surface area (Å²) in [5.41, 5.74) is 0.506. The molecule has 3 rings (SSSR count). The van der Waals surface area contributed by atoms with E-state index in [-0.39, 0.29) is 5.92 Å². The van der Waals surface area contributed by atoms with Gasteiger partial charge >= 0.3 is 12.1 Å². The number of benzene rings is 1. The van der Waals surface area contributed by atoms with Gasteiger partial charge in [0.15, 0.2) is 0 Å². The van der Waals surface area contributed by atoms with Crippen LogP contribution in [0, 0.1) is 5.92 Å². The summed E-state index contributed by atoms with van der Waals surface area (Å²) in [5.74, 6) is -1.08. The zero-order valence-electron chi connectivity index (χ0n) is 18.2. The Morgan fingerprint density at radius 3 is 2.37 bits per heavy atom. The number of hydrogen-bond acceptors (Lipinski definition) is 5. The average molecular weight is 419 g/mol. The van der Waals surface area contributed by atoms with E-state index in [2.05, 4.69) is 22.3 Å². The molecule has 2 saturated heterocycles. The molecule has 2 N–H and O–H groups in total. The van der Waals surface area contributed by atoms with Crippen molar-refractivity contribution in [3.05, 3.63) is 35.9 Å². The molecule has 2 bridgehead atoms. The van der Waals surface area contributed by atoms with Gasteiger partial charge in [0, 0.05) is 18.6 Å². The van der Waals surface area contributed by atoms with Crippen molar-refractivity contribution >= 4 is 12.1 Å². The van der Waals surface area contributed by atoms with Crippen molar-refractivity contribution in [1.29, 1.82) is 0 Å². The minimum absolute atomic E-state index is 0.0889. The van der Waals surface area contributed by atoms with Gasteiger partial charge in [-0.2, -0.15) is 0 Å². The fourth-order valence-corrected chi connectivity index (χ4v) is 4.70. The average Bonchev–Trinajstić information content (AvgIpc) is 2.90. The number of piperidine rings is 1. The van der Waals surface area contributed by atoms with Gasteiger partial charge in [0.25, 0.3) is 0 Å². The third-order valence-electron chi connectivity index (χ3n) is 5.94. The molecule has 2 fully saturated rings. The van der Waals surface area contributed by atoms with Crippen molar-refractivity contribution in [3.8, 4) is 0 Å². The molecule has 0 saturated carbocycles. The number of hydrogen-bond donors (Lipinski definition) is 2. The molecule has 0 radical (unpaired) electrons. The van der Waals surface area contributed by atoms with Crippen molar-refractivity contribution in [3.63, 3.8) is 0 Å². The number of nitrogens with one attached hydrogen (secondary N) is 1. The Kier molecular flexibility index (Phi) is 7.36. The summed E-state index contributed by atoms with van der Waals surface area (Å²) in [6.45, 7) is 7.41. The summed E-state index contributed by atoms with van der Waals surface area (Å²) in [6.07, 6.45) is 3.00. The molecule has 2 aliphatic heterocycles. The normalized spacial score (nSPS) is 25.0. The van der Waals surface area contributed by atoms with Crippen LogP contribution in [0.1, 0.15) is 52.0 Å². The SMILES string of the molecule is CC(C)(C)OC(=O)N[C@H](C(=O)O)C1CC2CCC(C1)N2CCOCc1ccccc1. The van der Waals surface area contributed by atoms with Gasteiger partial charge in [-0.15, -0.1) is 0 Å². The second-order valence-electron chi connectivity index (χ2n) is 9.35. The number of carbonyl (C=O) groups is 2. The van der Waals surface area contributed by atoms with E-state index in [1.807, 2.05) is 18.2 Å². The summed E-state index contributed by atoms with van der Waals surface area (Å²) in [7, 11) is 0. The van der Waals surface area contributed by atoms with Gasteiger partial charge in [-0.05, 0) is 57.9 Å². The maximum atomic E-state index is 12.1. The second-order valence-corrected chi connectivity index (χ2v) is 9.35. The molecular weight excluding hydrogens is 384 g/mol. The van der Waals surface area contributed by atoms with Gasteiger partial charge in [-0.3, -0.25) is 4.90 Å². The summed E-state index contributed by atoms with van der Waals surface area (Å²) >= 11 is 0. The molecule has 30 heavy (non-hydrogen) atoms. The van der Waals surface area contributed by atoms with Crippen LogP contribution in [0.15, 0.2) is 30.3 Å². The molecule has 3 atom stereocenters. The molecule has 1 aromatic rings. The molecule has 0 spiro atoms. The largest absolute Gasteiger partial charge is 0.480 e.